The molecule has 0 spiro atoms. The van der Waals surface area contributed by atoms with Crippen LogP contribution in [-0.4, -0.2) is 56.5 Å². The Kier molecular flexibility index (Phi) is 6.57. The zero-order valence-electron chi connectivity index (χ0n) is 16.1. The van der Waals surface area contributed by atoms with E-state index in [4.69, 9.17) is 9.47 Å². The van der Waals surface area contributed by atoms with E-state index in [9.17, 15) is 22.8 Å². The number of esters is 1. The predicted octanol–water partition coefficient (Wildman–Crippen LogP) is 0.942. The number of nitrogens with zero attached hydrogens (tertiary/aromatic N) is 1. The van der Waals surface area contributed by atoms with E-state index in [0.717, 1.165) is 6.26 Å². The fraction of sp³-hybridized carbons (Fsp3) is 0.389. The molecule has 0 amide bonds. The molecule has 0 aliphatic carbocycles. The lowest BCUT2D eigenvalue weighted by molar-refractivity contribution is 0.0383. The molecule has 0 aliphatic rings. The Labute approximate surface area is 162 Å². The molecule has 0 saturated carbocycles. The first-order valence-electron chi connectivity index (χ1n) is 8.46. The average molecular weight is 410 g/mol. The normalized spacial score (nSPS) is 11.4. The smallest absolute Gasteiger partial charge is 0.339 e. The fourth-order valence-corrected chi connectivity index (χ4v) is 3.66. The zero-order valence-corrected chi connectivity index (χ0v) is 16.9. The maximum atomic E-state index is 12.9. The first kappa shape index (κ1) is 21.6. The van der Waals surface area contributed by atoms with Crippen LogP contribution in [0.4, 0.5) is 0 Å². The molecule has 0 atom stereocenters. The van der Waals surface area contributed by atoms with Crippen LogP contribution >= 0.6 is 0 Å². The van der Waals surface area contributed by atoms with E-state index in [1.165, 1.54) is 37.0 Å². The Bertz CT molecular complexity index is 1060. The number of ether oxygens (including phenoxy) is 2. The highest BCUT2D eigenvalue weighted by Crippen LogP contribution is 2.25. The van der Waals surface area contributed by atoms with Crippen molar-refractivity contribution in [3.63, 3.8) is 0 Å². The Balaban J connectivity index is 2.60. The van der Waals surface area contributed by atoms with Gasteiger partial charge in [-0.2, -0.15) is 0 Å². The Morgan fingerprint density at radius 3 is 2.39 bits per heavy atom. The Morgan fingerprint density at radius 2 is 1.86 bits per heavy atom. The van der Waals surface area contributed by atoms with Crippen molar-refractivity contribution in [1.82, 2.24) is 9.78 Å². The van der Waals surface area contributed by atoms with Crippen LogP contribution in [0.3, 0.4) is 0 Å². The number of sulfone groups is 1. The maximum absolute atomic E-state index is 12.9. The number of benzene rings is 1. The summed E-state index contributed by atoms with van der Waals surface area (Å²) in [4.78, 5) is 37.4. The van der Waals surface area contributed by atoms with E-state index >= 15 is 0 Å². The molecule has 2 rings (SSSR count). The molecule has 9 nitrogen and oxygen atoms in total. The van der Waals surface area contributed by atoms with Gasteiger partial charge in [-0.15, -0.1) is 0 Å². The Morgan fingerprint density at radius 1 is 1.18 bits per heavy atom. The number of aromatic amines is 1. The van der Waals surface area contributed by atoms with E-state index in [2.05, 4.69) is 5.10 Å². The van der Waals surface area contributed by atoms with Gasteiger partial charge in [0.1, 0.15) is 12.2 Å². The molecular weight excluding hydrogens is 388 g/mol. The number of methoxy groups -OCH3 is 1. The standard InChI is InChI=1S/C18H22N2O7S/c1-5-20-17(22)13(10-19-20)16(21)12-6-7-14(28(4,24)25)15(11(12)2)18(23)27-9-8-26-3/h6-7,10,19H,5,8-9H2,1-4H3. The SMILES string of the molecule is CCn1[nH]cc(C(=O)c2ccc(S(C)(=O)=O)c(C(=O)OCCOC)c2C)c1=O. The third-order valence-electron chi connectivity index (χ3n) is 4.20. The van der Waals surface area contributed by atoms with Gasteiger partial charge < -0.3 is 14.6 Å². The molecule has 1 aromatic carbocycles. The van der Waals surface area contributed by atoms with Crippen molar-refractivity contribution in [1.29, 1.82) is 0 Å². The highest BCUT2D eigenvalue weighted by atomic mass is 32.2. The van der Waals surface area contributed by atoms with Gasteiger partial charge in [0, 0.05) is 31.7 Å². The van der Waals surface area contributed by atoms with Crippen molar-refractivity contribution in [2.45, 2.75) is 25.3 Å². The van der Waals surface area contributed by atoms with Gasteiger partial charge in [-0.1, -0.05) is 0 Å². The summed E-state index contributed by atoms with van der Waals surface area (Å²) in [6, 6.07) is 2.47. The predicted molar refractivity (Wildman–Crippen MR) is 101 cm³/mol. The third kappa shape index (κ3) is 4.23. The van der Waals surface area contributed by atoms with Crippen LogP contribution in [0.2, 0.25) is 0 Å². The van der Waals surface area contributed by atoms with E-state index in [1.54, 1.807) is 6.92 Å². The summed E-state index contributed by atoms with van der Waals surface area (Å²) in [5, 5.41) is 2.68. The van der Waals surface area contributed by atoms with Crippen LogP contribution in [0, 0.1) is 6.92 Å². The second-order valence-corrected chi connectivity index (χ2v) is 8.06. The van der Waals surface area contributed by atoms with Crippen LogP contribution in [0.15, 0.2) is 28.0 Å². The Hall–Kier alpha value is -2.72. The van der Waals surface area contributed by atoms with Crippen molar-refractivity contribution in [3.8, 4) is 0 Å². The number of aromatic nitrogens is 2. The number of rotatable bonds is 8. The second kappa shape index (κ2) is 8.53. The van der Waals surface area contributed by atoms with E-state index in [-0.39, 0.29) is 40.4 Å². The molecule has 28 heavy (non-hydrogen) atoms. The van der Waals surface area contributed by atoms with Crippen molar-refractivity contribution in [2.24, 2.45) is 0 Å². The van der Waals surface area contributed by atoms with Gasteiger partial charge in [-0.25, -0.2) is 13.2 Å². The van der Waals surface area contributed by atoms with Gasteiger partial charge in [0.05, 0.1) is 17.1 Å². The third-order valence-corrected chi connectivity index (χ3v) is 5.34. The van der Waals surface area contributed by atoms with Crippen molar-refractivity contribution >= 4 is 21.6 Å². The lowest BCUT2D eigenvalue weighted by Crippen LogP contribution is -2.22. The molecule has 0 saturated heterocycles. The summed E-state index contributed by atoms with van der Waals surface area (Å²) in [6.45, 7) is 3.61. The molecule has 152 valence electrons. The molecule has 0 radical (unpaired) electrons. The molecule has 2 aromatic rings. The van der Waals surface area contributed by atoms with Crippen LogP contribution in [0.1, 0.15) is 38.8 Å². The number of hydrogen-bond donors (Lipinski definition) is 1. The minimum Gasteiger partial charge on any atom is -0.460 e. The number of carbonyl (C=O) groups is 2. The van der Waals surface area contributed by atoms with Gasteiger partial charge in [0.15, 0.2) is 15.6 Å². The number of H-pyrrole nitrogens is 1. The first-order valence-corrected chi connectivity index (χ1v) is 10.3. The molecular formula is C18H22N2O7S. The number of aryl methyl sites for hydroxylation is 1. The summed E-state index contributed by atoms with van der Waals surface area (Å²) in [5.74, 6) is -1.50. The summed E-state index contributed by atoms with van der Waals surface area (Å²) >= 11 is 0. The molecule has 0 bridgehead atoms. The zero-order chi connectivity index (χ0) is 21.1. The minimum absolute atomic E-state index is 0.0467. The summed E-state index contributed by atoms with van der Waals surface area (Å²) in [5.41, 5.74) is -0.653. The summed E-state index contributed by atoms with van der Waals surface area (Å²) < 4.78 is 35.4. The van der Waals surface area contributed by atoms with Crippen LogP contribution < -0.4 is 5.56 Å². The van der Waals surface area contributed by atoms with Gasteiger partial charge in [0.25, 0.3) is 5.56 Å². The second-order valence-electron chi connectivity index (χ2n) is 6.08. The van der Waals surface area contributed by atoms with Gasteiger partial charge in [0.2, 0.25) is 0 Å². The van der Waals surface area contributed by atoms with Crippen LogP contribution in [0.25, 0.3) is 0 Å². The quantitative estimate of drug-likeness (QED) is 0.390. The lowest BCUT2D eigenvalue weighted by atomic mass is 9.96. The van der Waals surface area contributed by atoms with Crippen LogP contribution in [0.5, 0.6) is 0 Å². The highest BCUT2D eigenvalue weighted by Gasteiger charge is 2.27. The maximum Gasteiger partial charge on any atom is 0.339 e. The molecule has 1 aromatic heterocycles. The van der Waals surface area contributed by atoms with Crippen molar-refractivity contribution in [3.05, 3.63) is 50.9 Å². The van der Waals surface area contributed by atoms with Gasteiger partial charge in [-0.05, 0) is 31.5 Å². The highest BCUT2D eigenvalue weighted by molar-refractivity contribution is 7.90. The van der Waals surface area contributed by atoms with Gasteiger partial charge in [-0.3, -0.25) is 14.3 Å². The summed E-state index contributed by atoms with van der Waals surface area (Å²) in [7, 11) is -2.33. The lowest BCUT2D eigenvalue weighted by Gasteiger charge is -2.14. The molecule has 0 unspecified atom stereocenters. The average Bonchev–Trinajstić information content (AvgIpc) is 3.00. The van der Waals surface area contributed by atoms with Crippen LogP contribution in [-0.2, 0) is 25.9 Å². The molecule has 1 N–H and O–H groups in total. The number of nitrogens with one attached hydrogen (secondary N) is 1. The fourth-order valence-electron chi connectivity index (χ4n) is 2.74. The minimum atomic E-state index is -3.76. The monoisotopic (exact) mass is 410 g/mol. The number of carbonyl (C=O) groups excluding carboxylic acids is 2. The van der Waals surface area contributed by atoms with Crippen molar-refractivity contribution < 1.29 is 27.5 Å². The molecule has 10 heteroatoms. The first-order chi connectivity index (χ1) is 13.1. The van der Waals surface area contributed by atoms with Crippen molar-refractivity contribution in [2.75, 3.05) is 26.6 Å². The number of hydrogen-bond acceptors (Lipinski definition) is 7. The van der Waals surface area contributed by atoms with E-state index in [0.29, 0.717) is 6.54 Å². The summed E-state index contributed by atoms with van der Waals surface area (Å²) in [6.07, 6.45) is 2.25. The number of ketones is 1. The molecule has 0 aliphatic heterocycles. The topological polar surface area (TPSA) is 125 Å². The van der Waals surface area contributed by atoms with E-state index in [1.807, 2.05) is 0 Å². The molecule has 1 heterocycles. The van der Waals surface area contributed by atoms with E-state index < -0.39 is 27.1 Å². The van der Waals surface area contributed by atoms with Gasteiger partial charge >= 0.3 is 5.97 Å². The molecule has 0 fully saturated rings. The largest absolute Gasteiger partial charge is 0.460 e.